The average molecular weight is 267 g/mol. The van der Waals surface area contributed by atoms with Gasteiger partial charge in [0.05, 0.1) is 11.2 Å². The molecule has 0 radical (unpaired) electrons. The largest absolute Gasteiger partial charge is 0.481 e. The maximum atomic E-state index is 11.0. The number of fused-ring (bicyclic) bond motifs is 1. The lowest BCUT2D eigenvalue weighted by atomic mass is 9.98. The maximum absolute atomic E-state index is 11.0. The fraction of sp³-hybridized carbons (Fsp3) is 0.750. The van der Waals surface area contributed by atoms with Crippen LogP contribution in [0.5, 0.6) is 0 Å². The Hall–Kier alpha value is -1.04. The number of hydrogen-bond acceptors (Lipinski definition) is 4. The number of hydrogen-bond donors (Lipinski definition) is 1. The Morgan fingerprint density at radius 1 is 1.39 bits per heavy atom. The number of nitrogens with zero attached hydrogens (tertiary/aromatic N) is 3. The van der Waals surface area contributed by atoms with E-state index in [4.69, 9.17) is 5.11 Å². The van der Waals surface area contributed by atoms with Gasteiger partial charge in [0.15, 0.2) is 5.82 Å². The molecule has 3 heterocycles. The first-order chi connectivity index (χ1) is 8.74. The van der Waals surface area contributed by atoms with Gasteiger partial charge in [-0.25, -0.2) is 9.67 Å². The summed E-state index contributed by atoms with van der Waals surface area (Å²) >= 11 is 1.93. The van der Waals surface area contributed by atoms with Crippen LogP contribution >= 0.6 is 11.8 Å². The molecule has 2 aliphatic rings. The summed E-state index contributed by atoms with van der Waals surface area (Å²) in [5, 5.41) is 14.0. The van der Waals surface area contributed by atoms with E-state index < -0.39 is 5.97 Å². The Balaban J connectivity index is 1.78. The molecule has 1 aromatic heterocycles. The summed E-state index contributed by atoms with van der Waals surface area (Å²) in [5.41, 5.74) is 0. The molecule has 1 N–H and O–H groups in total. The lowest BCUT2D eigenvalue weighted by Gasteiger charge is -2.18. The third-order valence-electron chi connectivity index (χ3n) is 3.70. The third kappa shape index (κ3) is 2.25. The summed E-state index contributed by atoms with van der Waals surface area (Å²) in [6, 6.07) is 0. The molecule has 6 heteroatoms. The zero-order valence-corrected chi connectivity index (χ0v) is 11.0. The molecule has 2 aliphatic heterocycles. The standard InChI is InChI=1S/C12H17N3O2S/c16-12(17)8-4-5-15-10(7-8)13-11(14-15)9-3-1-2-6-18-9/h8-9H,1-7H2,(H,16,17). The van der Waals surface area contributed by atoms with Crippen LogP contribution in [0.4, 0.5) is 0 Å². The highest BCUT2D eigenvalue weighted by molar-refractivity contribution is 7.99. The highest BCUT2D eigenvalue weighted by Gasteiger charge is 2.29. The van der Waals surface area contributed by atoms with E-state index in [0.29, 0.717) is 24.6 Å². The summed E-state index contributed by atoms with van der Waals surface area (Å²) in [5.74, 6) is 1.97. The minimum absolute atomic E-state index is 0.284. The molecule has 1 aromatic rings. The van der Waals surface area contributed by atoms with Crippen molar-refractivity contribution in [3.05, 3.63) is 11.6 Å². The molecule has 0 amide bonds. The van der Waals surface area contributed by atoms with Gasteiger partial charge in [0, 0.05) is 13.0 Å². The lowest BCUT2D eigenvalue weighted by Crippen LogP contribution is -2.26. The lowest BCUT2D eigenvalue weighted by molar-refractivity contribution is -0.142. The number of aromatic nitrogens is 3. The van der Waals surface area contributed by atoms with Gasteiger partial charge in [-0.2, -0.15) is 16.9 Å². The molecule has 0 aromatic carbocycles. The van der Waals surface area contributed by atoms with Gasteiger partial charge < -0.3 is 5.11 Å². The molecule has 2 unspecified atom stereocenters. The van der Waals surface area contributed by atoms with Gasteiger partial charge >= 0.3 is 5.97 Å². The monoisotopic (exact) mass is 267 g/mol. The normalized spacial score (nSPS) is 27.8. The van der Waals surface area contributed by atoms with Gasteiger partial charge in [-0.15, -0.1) is 0 Å². The molecule has 98 valence electrons. The third-order valence-corrected chi connectivity index (χ3v) is 5.07. The average Bonchev–Trinajstić information content (AvgIpc) is 2.82. The van der Waals surface area contributed by atoms with Gasteiger partial charge in [-0.1, -0.05) is 6.42 Å². The fourth-order valence-corrected chi connectivity index (χ4v) is 3.85. The van der Waals surface area contributed by atoms with E-state index in [2.05, 4.69) is 10.1 Å². The summed E-state index contributed by atoms with van der Waals surface area (Å²) in [4.78, 5) is 15.6. The van der Waals surface area contributed by atoms with Crippen molar-refractivity contribution in [1.82, 2.24) is 14.8 Å². The van der Waals surface area contributed by atoms with Crippen LogP contribution in [0, 0.1) is 5.92 Å². The number of rotatable bonds is 2. The maximum Gasteiger partial charge on any atom is 0.307 e. The van der Waals surface area contributed by atoms with E-state index in [1.54, 1.807) is 0 Å². The van der Waals surface area contributed by atoms with Crippen molar-refractivity contribution in [3.8, 4) is 0 Å². The minimum Gasteiger partial charge on any atom is -0.481 e. The Morgan fingerprint density at radius 2 is 2.28 bits per heavy atom. The Kier molecular flexibility index (Phi) is 3.28. The van der Waals surface area contributed by atoms with Crippen molar-refractivity contribution in [3.63, 3.8) is 0 Å². The summed E-state index contributed by atoms with van der Waals surface area (Å²) in [6.45, 7) is 0.691. The highest BCUT2D eigenvalue weighted by atomic mass is 32.2. The summed E-state index contributed by atoms with van der Waals surface area (Å²) < 4.78 is 1.91. The Labute approximate surface area is 110 Å². The highest BCUT2D eigenvalue weighted by Crippen LogP contribution is 2.37. The first kappa shape index (κ1) is 12.0. The van der Waals surface area contributed by atoms with Gasteiger partial charge in [0.1, 0.15) is 5.82 Å². The van der Waals surface area contributed by atoms with Crippen molar-refractivity contribution in [2.75, 3.05) is 5.75 Å². The molecule has 3 rings (SSSR count). The number of aliphatic carboxylic acids is 1. The van der Waals surface area contributed by atoms with E-state index in [1.807, 2.05) is 16.4 Å². The number of carboxylic acid groups (broad SMARTS) is 1. The fourth-order valence-electron chi connectivity index (χ4n) is 2.62. The molecule has 0 bridgehead atoms. The number of carboxylic acids is 1. The molecular formula is C12H17N3O2S. The predicted molar refractivity (Wildman–Crippen MR) is 68.5 cm³/mol. The summed E-state index contributed by atoms with van der Waals surface area (Å²) in [6.07, 6.45) is 4.88. The van der Waals surface area contributed by atoms with E-state index in [0.717, 1.165) is 18.1 Å². The van der Waals surface area contributed by atoms with E-state index in [-0.39, 0.29) is 5.92 Å². The van der Waals surface area contributed by atoms with Gasteiger partial charge in [0.25, 0.3) is 0 Å². The van der Waals surface area contributed by atoms with Crippen molar-refractivity contribution >= 4 is 17.7 Å². The van der Waals surface area contributed by atoms with Crippen molar-refractivity contribution in [2.45, 2.75) is 43.9 Å². The first-order valence-corrected chi connectivity index (χ1v) is 7.57. The second-order valence-corrected chi connectivity index (χ2v) is 6.30. The second kappa shape index (κ2) is 4.91. The van der Waals surface area contributed by atoms with Gasteiger partial charge in [-0.05, 0) is 25.0 Å². The van der Waals surface area contributed by atoms with Crippen LogP contribution in [0.3, 0.4) is 0 Å². The minimum atomic E-state index is -0.710. The number of thioether (sulfide) groups is 1. The van der Waals surface area contributed by atoms with Crippen LogP contribution in [-0.4, -0.2) is 31.6 Å². The molecule has 1 fully saturated rings. The van der Waals surface area contributed by atoms with E-state index in [1.165, 1.54) is 18.6 Å². The van der Waals surface area contributed by atoms with Crippen molar-refractivity contribution < 1.29 is 9.90 Å². The Morgan fingerprint density at radius 3 is 3.00 bits per heavy atom. The molecule has 2 atom stereocenters. The second-order valence-electron chi connectivity index (χ2n) is 4.99. The van der Waals surface area contributed by atoms with Crippen LogP contribution in [0.15, 0.2) is 0 Å². The van der Waals surface area contributed by atoms with Gasteiger partial charge in [0.2, 0.25) is 0 Å². The smallest absolute Gasteiger partial charge is 0.307 e. The van der Waals surface area contributed by atoms with Gasteiger partial charge in [-0.3, -0.25) is 4.79 Å². The van der Waals surface area contributed by atoms with Crippen molar-refractivity contribution in [1.29, 1.82) is 0 Å². The van der Waals surface area contributed by atoms with Crippen molar-refractivity contribution in [2.24, 2.45) is 5.92 Å². The molecular weight excluding hydrogens is 250 g/mol. The predicted octanol–water partition coefficient (Wildman–Crippen LogP) is 1.88. The van der Waals surface area contributed by atoms with Crippen LogP contribution < -0.4 is 0 Å². The number of aryl methyl sites for hydroxylation is 1. The molecule has 1 saturated heterocycles. The molecule has 0 aliphatic carbocycles. The number of carbonyl (C=O) groups is 1. The molecule has 5 nitrogen and oxygen atoms in total. The first-order valence-electron chi connectivity index (χ1n) is 6.52. The SMILES string of the molecule is O=C(O)C1CCn2nc(C3CCCCS3)nc2C1. The van der Waals surface area contributed by atoms with Crippen LogP contribution in [0.1, 0.15) is 42.6 Å². The summed E-state index contributed by atoms with van der Waals surface area (Å²) in [7, 11) is 0. The zero-order valence-electron chi connectivity index (χ0n) is 10.2. The topological polar surface area (TPSA) is 68.0 Å². The van der Waals surface area contributed by atoms with E-state index in [9.17, 15) is 4.79 Å². The zero-order chi connectivity index (χ0) is 12.5. The molecule has 18 heavy (non-hydrogen) atoms. The molecule has 0 spiro atoms. The van der Waals surface area contributed by atoms with Crippen LogP contribution in [0.25, 0.3) is 0 Å². The van der Waals surface area contributed by atoms with E-state index >= 15 is 0 Å². The van der Waals surface area contributed by atoms with Crippen LogP contribution in [0.2, 0.25) is 0 Å². The molecule has 0 saturated carbocycles. The quantitative estimate of drug-likeness (QED) is 0.886. The Bertz CT molecular complexity index is 454. The van der Waals surface area contributed by atoms with Crippen LogP contribution in [-0.2, 0) is 17.8 Å².